The molecule has 0 bridgehead atoms. The van der Waals surface area contributed by atoms with Crippen molar-refractivity contribution in [3.63, 3.8) is 0 Å². The first kappa shape index (κ1) is 17.6. The third kappa shape index (κ3) is 2.59. The molecular weight excluding hydrogens is 352 g/mol. The van der Waals surface area contributed by atoms with E-state index in [0.717, 1.165) is 29.5 Å². The van der Waals surface area contributed by atoms with Gasteiger partial charge in [0.05, 0.1) is 0 Å². The first-order valence-electron chi connectivity index (χ1n) is 11.4. The molecule has 1 nitrogen and oxygen atoms in total. The number of hydrogen-bond acceptors (Lipinski definition) is 1. The van der Waals surface area contributed by atoms with Gasteiger partial charge in [-0.25, -0.2) is 0 Å². The first-order valence-corrected chi connectivity index (χ1v) is 11.4. The number of rotatable bonds is 3. The second-order valence-corrected chi connectivity index (χ2v) is 10.1. The zero-order valence-electron chi connectivity index (χ0n) is 17.5. The summed E-state index contributed by atoms with van der Waals surface area (Å²) in [5.74, 6) is 0.490. The number of aliphatic hydroxyl groups excluding tert-OH is 1. The minimum Gasteiger partial charge on any atom is -0.507 e. The molecule has 2 aromatic carbocycles. The van der Waals surface area contributed by atoms with E-state index in [4.69, 9.17) is 0 Å². The van der Waals surface area contributed by atoms with E-state index in [9.17, 15) is 5.11 Å². The van der Waals surface area contributed by atoms with E-state index < -0.39 is 0 Å². The number of hydrogen-bond donors (Lipinski definition) is 1. The third-order valence-electron chi connectivity index (χ3n) is 8.42. The van der Waals surface area contributed by atoms with E-state index >= 15 is 0 Å². The molecule has 0 radical (unpaired) electrons. The quantitative estimate of drug-likeness (QED) is 0.550. The summed E-state index contributed by atoms with van der Waals surface area (Å²) < 4.78 is 0. The van der Waals surface area contributed by atoms with Gasteiger partial charge in [0.1, 0.15) is 5.76 Å². The third-order valence-corrected chi connectivity index (χ3v) is 8.42. The van der Waals surface area contributed by atoms with Crippen LogP contribution in [-0.4, -0.2) is 5.11 Å². The zero-order valence-corrected chi connectivity index (χ0v) is 17.5. The van der Waals surface area contributed by atoms with E-state index in [1.165, 1.54) is 61.6 Å². The van der Waals surface area contributed by atoms with Crippen LogP contribution >= 0.6 is 0 Å². The molecule has 1 N–H and O–H groups in total. The Morgan fingerprint density at radius 1 is 0.828 bits per heavy atom. The van der Waals surface area contributed by atoms with E-state index in [1.807, 2.05) is 0 Å². The molecule has 0 amide bonds. The van der Waals surface area contributed by atoms with Crippen LogP contribution in [0.1, 0.15) is 91.2 Å². The summed E-state index contributed by atoms with van der Waals surface area (Å²) in [6.07, 6.45) is 11.6. The lowest BCUT2D eigenvalue weighted by molar-refractivity contribution is 0.458. The van der Waals surface area contributed by atoms with Gasteiger partial charge in [-0.15, -0.1) is 0 Å². The van der Waals surface area contributed by atoms with Crippen molar-refractivity contribution >= 4 is 11.3 Å². The fourth-order valence-electron chi connectivity index (χ4n) is 5.78. The number of fused-ring (bicyclic) bond motifs is 3. The first-order chi connectivity index (χ1) is 14.0. The molecule has 4 aliphatic rings. The molecule has 2 aromatic rings. The number of aliphatic hydroxyl groups is 1. The highest BCUT2D eigenvalue weighted by Gasteiger charge is 2.57. The average Bonchev–Trinajstić information content (AvgIpc) is 3.60. The molecule has 148 valence electrons. The Morgan fingerprint density at radius 2 is 1.34 bits per heavy atom. The lowest BCUT2D eigenvalue weighted by atomic mass is 9.71. The van der Waals surface area contributed by atoms with Crippen molar-refractivity contribution in [1.82, 2.24) is 0 Å². The van der Waals surface area contributed by atoms with Crippen LogP contribution in [0.25, 0.3) is 11.3 Å². The second kappa shape index (κ2) is 5.88. The summed E-state index contributed by atoms with van der Waals surface area (Å²) in [5, 5.41) is 10.4. The minimum absolute atomic E-state index is 0.483. The second-order valence-electron chi connectivity index (χ2n) is 10.1. The lowest BCUT2D eigenvalue weighted by Gasteiger charge is -2.33. The van der Waals surface area contributed by atoms with Gasteiger partial charge >= 0.3 is 0 Å². The number of allylic oxidation sites excluding steroid dienone is 1. The van der Waals surface area contributed by atoms with Gasteiger partial charge in [-0.2, -0.15) is 0 Å². The topological polar surface area (TPSA) is 20.2 Å². The molecule has 0 aliphatic heterocycles. The van der Waals surface area contributed by atoms with Crippen LogP contribution in [0.4, 0.5) is 0 Å². The molecule has 3 saturated carbocycles. The van der Waals surface area contributed by atoms with Crippen LogP contribution in [0.2, 0.25) is 0 Å². The molecule has 2 spiro atoms. The molecule has 6 rings (SSSR count). The molecular formula is C28H30O. The van der Waals surface area contributed by atoms with Crippen molar-refractivity contribution in [1.29, 1.82) is 0 Å². The van der Waals surface area contributed by atoms with Crippen molar-refractivity contribution in [2.24, 2.45) is 0 Å². The molecule has 3 fully saturated rings. The minimum atomic E-state index is 0.483. The van der Waals surface area contributed by atoms with Crippen LogP contribution in [-0.2, 0) is 10.8 Å². The molecule has 0 saturated heterocycles. The molecule has 0 unspecified atom stereocenters. The SMILES string of the molecule is C=C(c1ccc(C(O)=C2CCC2)cc1)c1cc2c(cc1C)C1(CC1)CCC21CC1. The maximum atomic E-state index is 10.4. The Bertz CT molecular complexity index is 1050. The monoisotopic (exact) mass is 382 g/mol. The van der Waals surface area contributed by atoms with Crippen LogP contribution in [0.5, 0.6) is 0 Å². The van der Waals surface area contributed by atoms with E-state index in [1.54, 1.807) is 11.1 Å². The summed E-state index contributed by atoms with van der Waals surface area (Å²) in [5.41, 5.74) is 11.4. The fourth-order valence-corrected chi connectivity index (χ4v) is 5.78. The molecule has 1 heteroatoms. The summed E-state index contributed by atoms with van der Waals surface area (Å²) in [4.78, 5) is 0. The summed E-state index contributed by atoms with van der Waals surface area (Å²) in [6.45, 7) is 6.74. The molecule has 0 aromatic heterocycles. The Hall–Kier alpha value is -2.28. The highest BCUT2D eigenvalue weighted by Crippen LogP contribution is 2.66. The van der Waals surface area contributed by atoms with Crippen molar-refractivity contribution in [2.45, 2.75) is 75.5 Å². The predicted molar refractivity (Wildman–Crippen MR) is 120 cm³/mol. The highest BCUT2D eigenvalue weighted by molar-refractivity contribution is 5.81. The lowest BCUT2D eigenvalue weighted by Crippen LogP contribution is -2.24. The Morgan fingerprint density at radius 3 is 1.86 bits per heavy atom. The van der Waals surface area contributed by atoms with Crippen LogP contribution in [0.15, 0.2) is 48.6 Å². The number of aryl methyl sites for hydroxylation is 1. The molecule has 4 aliphatic carbocycles. The van der Waals surface area contributed by atoms with E-state index in [2.05, 4.69) is 49.9 Å². The van der Waals surface area contributed by atoms with Crippen molar-refractivity contribution in [2.75, 3.05) is 0 Å². The van der Waals surface area contributed by atoms with E-state index in [-0.39, 0.29) is 0 Å². The normalized spacial score (nSPS) is 22.2. The predicted octanol–water partition coefficient (Wildman–Crippen LogP) is 7.37. The molecule has 0 heterocycles. The zero-order chi connectivity index (χ0) is 19.8. The highest BCUT2D eigenvalue weighted by atomic mass is 16.3. The molecule has 0 atom stereocenters. The van der Waals surface area contributed by atoms with Gasteiger partial charge in [0.15, 0.2) is 0 Å². The Labute approximate surface area is 174 Å². The Balaban J connectivity index is 1.36. The van der Waals surface area contributed by atoms with Crippen molar-refractivity contribution < 1.29 is 5.11 Å². The average molecular weight is 383 g/mol. The van der Waals surface area contributed by atoms with Gasteiger partial charge in [-0.1, -0.05) is 43.0 Å². The largest absolute Gasteiger partial charge is 0.507 e. The van der Waals surface area contributed by atoms with Gasteiger partial charge in [-0.3, -0.25) is 0 Å². The van der Waals surface area contributed by atoms with Crippen molar-refractivity contribution in [3.8, 4) is 0 Å². The van der Waals surface area contributed by atoms with Crippen molar-refractivity contribution in [3.05, 3.63) is 81.9 Å². The Kier molecular flexibility index (Phi) is 3.56. The smallest absolute Gasteiger partial charge is 0.121 e. The van der Waals surface area contributed by atoms with Gasteiger partial charge in [0.25, 0.3) is 0 Å². The fraction of sp³-hybridized carbons (Fsp3) is 0.429. The van der Waals surface area contributed by atoms with Gasteiger partial charge in [0, 0.05) is 5.56 Å². The van der Waals surface area contributed by atoms with Crippen LogP contribution in [0.3, 0.4) is 0 Å². The maximum absolute atomic E-state index is 10.4. The summed E-state index contributed by atoms with van der Waals surface area (Å²) >= 11 is 0. The van der Waals surface area contributed by atoms with Gasteiger partial charge in [-0.05, 0) is 115 Å². The summed E-state index contributed by atoms with van der Waals surface area (Å²) in [6, 6.07) is 13.4. The van der Waals surface area contributed by atoms with Crippen LogP contribution in [0, 0.1) is 6.92 Å². The molecule has 29 heavy (non-hydrogen) atoms. The summed E-state index contributed by atoms with van der Waals surface area (Å²) in [7, 11) is 0. The van der Waals surface area contributed by atoms with E-state index in [0.29, 0.717) is 16.6 Å². The van der Waals surface area contributed by atoms with Gasteiger partial charge in [0.2, 0.25) is 0 Å². The van der Waals surface area contributed by atoms with Crippen LogP contribution < -0.4 is 0 Å². The standard InChI is InChI=1S/C28H30O/c1-18-16-24-25(28(14-15-28)13-12-27(24)10-11-27)17-23(18)19(2)20-6-8-22(9-7-20)26(29)21-4-3-5-21/h6-9,16-17,29H,2-5,10-15H2,1H3. The maximum Gasteiger partial charge on any atom is 0.121 e. The van der Waals surface area contributed by atoms with Gasteiger partial charge < -0.3 is 5.11 Å². The number of benzene rings is 2.